The maximum atomic E-state index is 13.3. The third kappa shape index (κ3) is 2.91. The molecule has 4 rings (SSSR count). The number of fused-ring (bicyclic) bond motifs is 1. The van der Waals surface area contributed by atoms with E-state index in [-0.39, 0.29) is 5.82 Å². The number of benzene rings is 1. The lowest BCUT2D eigenvalue weighted by Crippen LogP contribution is -2.03. The normalized spacial score (nSPS) is 10.9. The Labute approximate surface area is 137 Å². The fraction of sp³-hybridized carbons (Fsp3) is 0.0588. The fourth-order valence-corrected chi connectivity index (χ4v) is 2.41. The Kier molecular flexibility index (Phi) is 3.59. The molecule has 4 aromatic rings. The van der Waals surface area contributed by atoms with Crippen LogP contribution in [0.15, 0.2) is 60.9 Å². The second kappa shape index (κ2) is 6.04. The number of hydrogen-bond donors (Lipinski definition) is 1. The Morgan fingerprint density at radius 2 is 1.88 bits per heavy atom. The van der Waals surface area contributed by atoms with Crippen molar-refractivity contribution in [1.29, 1.82) is 0 Å². The second-order valence-corrected chi connectivity index (χ2v) is 5.27. The highest BCUT2D eigenvalue weighted by atomic mass is 19.1. The van der Waals surface area contributed by atoms with Gasteiger partial charge >= 0.3 is 0 Å². The molecule has 0 atom stereocenters. The summed E-state index contributed by atoms with van der Waals surface area (Å²) in [5.74, 6) is 1.01. The minimum absolute atomic E-state index is 0.302. The Morgan fingerprint density at radius 3 is 2.71 bits per heavy atom. The van der Waals surface area contributed by atoms with Gasteiger partial charge in [0.1, 0.15) is 5.82 Å². The van der Waals surface area contributed by atoms with Crippen molar-refractivity contribution in [3.05, 3.63) is 78.1 Å². The molecule has 0 saturated heterocycles. The van der Waals surface area contributed by atoms with Crippen LogP contribution >= 0.6 is 0 Å². The number of aromatic nitrogens is 5. The van der Waals surface area contributed by atoms with E-state index in [2.05, 4.69) is 25.6 Å². The quantitative estimate of drug-likeness (QED) is 0.626. The van der Waals surface area contributed by atoms with E-state index in [1.54, 1.807) is 35.1 Å². The van der Waals surface area contributed by atoms with Gasteiger partial charge in [0, 0.05) is 24.5 Å². The van der Waals surface area contributed by atoms with E-state index in [0.29, 0.717) is 23.6 Å². The zero-order valence-electron chi connectivity index (χ0n) is 12.6. The third-order valence-corrected chi connectivity index (χ3v) is 3.54. The van der Waals surface area contributed by atoms with Crippen LogP contribution in [0.3, 0.4) is 0 Å². The van der Waals surface area contributed by atoms with Crippen molar-refractivity contribution in [2.24, 2.45) is 0 Å². The highest BCUT2D eigenvalue weighted by Gasteiger charge is 2.09. The van der Waals surface area contributed by atoms with Crippen LogP contribution in [0, 0.1) is 5.82 Å². The van der Waals surface area contributed by atoms with Crippen molar-refractivity contribution in [3.8, 4) is 0 Å². The van der Waals surface area contributed by atoms with E-state index in [4.69, 9.17) is 0 Å². The van der Waals surface area contributed by atoms with Crippen molar-refractivity contribution in [2.45, 2.75) is 6.42 Å². The van der Waals surface area contributed by atoms with E-state index >= 15 is 0 Å². The molecule has 0 spiro atoms. The summed E-state index contributed by atoms with van der Waals surface area (Å²) >= 11 is 0. The molecule has 7 heteroatoms. The smallest absolute Gasteiger partial charge is 0.178 e. The molecule has 0 radical (unpaired) electrons. The summed E-state index contributed by atoms with van der Waals surface area (Å²) in [4.78, 5) is 4.01. The van der Waals surface area contributed by atoms with Gasteiger partial charge in [-0.3, -0.25) is 4.98 Å². The number of anilines is 2. The largest absolute Gasteiger partial charge is 0.339 e. The average Bonchev–Trinajstić information content (AvgIpc) is 2.98. The van der Waals surface area contributed by atoms with Gasteiger partial charge in [-0.15, -0.1) is 15.3 Å². The van der Waals surface area contributed by atoms with Gasteiger partial charge in [-0.1, -0.05) is 6.07 Å². The van der Waals surface area contributed by atoms with Crippen molar-refractivity contribution >= 4 is 17.2 Å². The standard InChI is InChI=1S/C17H13FN6/c18-13-2-1-3-14(11-13)20-15-4-5-16-21-22-17(24(16)23-15)10-12-6-8-19-9-7-12/h1-9,11H,10H2,(H,20,23). The van der Waals surface area contributed by atoms with Crippen LogP contribution in [0.25, 0.3) is 5.65 Å². The number of nitrogens with one attached hydrogen (secondary N) is 1. The van der Waals surface area contributed by atoms with E-state index in [1.807, 2.05) is 18.2 Å². The molecule has 1 aromatic carbocycles. The van der Waals surface area contributed by atoms with Crippen molar-refractivity contribution in [1.82, 2.24) is 24.8 Å². The van der Waals surface area contributed by atoms with E-state index in [1.165, 1.54) is 12.1 Å². The monoisotopic (exact) mass is 320 g/mol. The highest BCUT2D eigenvalue weighted by molar-refractivity contribution is 5.57. The number of hydrogen-bond acceptors (Lipinski definition) is 5. The fourth-order valence-electron chi connectivity index (χ4n) is 2.41. The number of pyridine rings is 1. The molecule has 0 unspecified atom stereocenters. The maximum absolute atomic E-state index is 13.3. The number of halogens is 1. The summed E-state index contributed by atoms with van der Waals surface area (Å²) in [5.41, 5.74) is 2.36. The number of rotatable bonds is 4. The molecule has 3 aromatic heterocycles. The third-order valence-electron chi connectivity index (χ3n) is 3.54. The first kappa shape index (κ1) is 14.3. The van der Waals surface area contributed by atoms with Crippen LogP contribution < -0.4 is 5.32 Å². The Bertz CT molecular complexity index is 983. The van der Waals surface area contributed by atoms with E-state index < -0.39 is 0 Å². The Hall–Kier alpha value is -3.35. The zero-order chi connectivity index (χ0) is 16.4. The summed E-state index contributed by atoms with van der Waals surface area (Å²) in [7, 11) is 0. The molecule has 24 heavy (non-hydrogen) atoms. The maximum Gasteiger partial charge on any atom is 0.178 e. The Balaban J connectivity index is 1.65. The number of nitrogens with zero attached hydrogens (tertiary/aromatic N) is 5. The topological polar surface area (TPSA) is 68.0 Å². The SMILES string of the molecule is Fc1cccc(Nc2ccc3nnc(Cc4ccncc4)n3n2)c1. The Morgan fingerprint density at radius 1 is 1.00 bits per heavy atom. The molecule has 1 N–H and O–H groups in total. The van der Waals surface area contributed by atoms with Gasteiger partial charge in [-0.25, -0.2) is 4.39 Å². The lowest BCUT2D eigenvalue weighted by Gasteiger charge is -2.06. The van der Waals surface area contributed by atoms with Gasteiger partial charge in [0.25, 0.3) is 0 Å². The highest BCUT2D eigenvalue weighted by Crippen LogP contribution is 2.16. The van der Waals surface area contributed by atoms with Gasteiger partial charge in [-0.2, -0.15) is 4.52 Å². The molecule has 0 bridgehead atoms. The van der Waals surface area contributed by atoms with E-state index in [9.17, 15) is 4.39 Å². The second-order valence-electron chi connectivity index (χ2n) is 5.27. The summed E-state index contributed by atoms with van der Waals surface area (Å²) in [6, 6.07) is 13.7. The van der Waals surface area contributed by atoms with Crippen LogP contribution in [0.4, 0.5) is 15.9 Å². The molecule has 118 valence electrons. The van der Waals surface area contributed by atoms with Crippen LogP contribution in [-0.4, -0.2) is 24.8 Å². The minimum atomic E-state index is -0.302. The van der Waals surface area contributed by atoms with Crippen molar-refractivity contribution < 1.29 is 4.39 Å². The molecule has 0 aliphatic rings. The van der Waals surface area contributed by atoms with Gasteiger partial charge in [0.2, 0.25) is 0 Å². The molecule has 0 saturated carbocycles. The minimum Gasteiger partial charge on any atom is -0.339 e. The van der Waals surface area contributed by atoms with Gasteiger partial charge in [-0.05, 0) is 48.0 Å². The lowest BCUT2D eigenvalue weighted by molar-refractivity contribution is 0.628. The first-order valence-electron chi connectivity index (χ1n) is 7.41. The van der Waals surface area contributed by atoms with Gasteiger partial charge in [0.05, 0.1) is 0 Å². The summed E-state index contributed by atoms with van der Waals surface area (Å²) in [5, 5.41) is 15.9. The lowest BCUT2D eigenvalue weighted by atomic mass is 10.2. The molecule has 0 amide bonds. The summed E-state index contributed by atoms with van der Waals surface area (Å²) < 4.78 is 15.0. The average molecular weight is 320 g/mol. The molecule has 6 nitrogen and oxygen atoms in total. The zero-order valence-corrected chi connectivity index (χ0v) is 12.6. The van der Waals surface area contributed by atoms with Gasteiger partial charge < -0.3 is 5.32 Å². The first-order chi connectivity index (χ1) is 11.8. The van der Waals surface area contributed by atoms with Crippen molar-refractivity contribution in [3.63, 3.8) is 0 Å². The van der Waals surface area contributed by atoms with Crippen molar-refractivity contribution in [2.75, 3.05) is 5.32 Å². The molecular weight excluding hydrogens is 307 g/mol. The predicted octanol–water partition coefficient (Wildman–Crippen LogP) is 2.99. The summed E-state index contributed by atoms with van der Waals surface area (Å²) in [6.07, 6.45) is 4.08. The predicted molar refractivity (Wildman–Crippen MR) is 87.5 cm³/mol. The van der Waals surface area contributed by atoms with Crippen LogP contribution in [0.2, 0.25) is 0 Å². The van der Waals surface area contributed by atoms with E-state index in [0.717, 1.165) is 11.4 Å². The molecule has 0 fully saturated rings. The first-order valence-corrected chi connectivity index (χ1v) is 7.41. The van der Waals surface area contributed by atoms with Crippen LogP contribution in [-0.2, 0) is 6.42 Å². The van der Waals surface area contributed by atoms with Crippen LogP contribution in [0.1, 0.15) is 11.4 Å². The van der Waals surface area contributed by atoms with Gasteiger partial charge in [0.15, 0.2) is 17.3 Å². The molecule has 0 aliphatic carbocycles. The molecule has 0 aliphatic heterocycles. The molecular formula is C17H13FN6. The van der Waals surface area contributed by atoms with Crippen LogP contribution in [0.5, 0.6) is 0 Å². The molecule has 3 heterocycles. The summed E-state index contributed by atoms with van der Waals surface area (Å²) in [6.45, 7) is 0.